The number of allylic oxidation sites excluding steroid dienone is 1. The van der Waals surface area contributed by atoms with Crippen molar-refractivity contribution < 1.29 is 9.18 Å². The van der Waals surface area contributed by atoms with Crippen LogP contribution in [0.25, 0.3) is 6.08 Å². The van der Waals surface area contributed by atoms with E-state index in [0.717, 1.165) is 6.29 Å². The smallest absolute Gasteiger partial charge is 0.146 e. The average molecular weight is 271 g/mol. The van der Waals surface area contributed by atoms with Gasteiger partial charge in [0.15, 0.2) is 0 Å². The zero-order valence-electron chi connectivity index (χ0n) is 8.63. The van der Waals surface area contributed by atoms with Gasteiger partial charge in [0.2, 0.25) is 0 Å². The molecule has 0 radical (unpaired) electrons. The molecule has 1 nitrogen and oxygen atoms in total. The quantitative estimate of drug-likeness (QED) is 0.603. The number of halogens is 2. The Balaban J connectivity index is 3.11. The van der Waals surface area contributed by atoms with E-state index in [0.29, 0.717) is 15.6 Å². The lowest BCUT2D eigenvalue weighted by molar-refractivity contribution is -0.105. The summed E-state index contributed by atoms with van der Waals surface area (Å²) >= 11 is 3.20. The topological polar surface area (TPSA) is 17.1 Å². The minimum absolute atomic E-state index is 0.143. The molecule has 0 unspecified atom stereocenters. The van der Waals surface area contributed by atoms with Crippen LogP contribution in [0.5, 0.6) is 0 Å². The Labute approximate surface area is 97.1 Å². The second-order valence-electron chi connectivity index (χ2n) is 3.62. The second-order valence-corrected chi connectivity index (χ2v) is 4.54. The lowest BCUT2D eigenvalue weighted by atomic mass is 10.0. The zero-order valence-corrected chi connectivity index (χ0v) is 10.2. The number of rotatable bonds is 3. The summed E-state index contributed by atoms with van der Waals surface area (Å²) in [6, 6.07) is 4.55. The number of hydrogen-bond donors (Lipinski definition) is 0. The standard InChI is InChI=1S/C12H12BrFO/c1-8(2)10(7-15)3-9-4-11(13)6-12(14)5-9/h3-8H,1-2H3/b10-3+. The summed E-state index contributed by atoms with van der Waals surface area (Å²) in [6.07, 6.45) is 2.51. The van der Waals surface area contributed by atoms with Crippen LogP contribution in [0.4, 0.5) is 4.39 Å². The number of hydrogen-bond acceptors (Lipinski definition) is 1. The van der Waals surface area contributed by atoms with Gasteiger partial charge in [0, 0.05) is 4.47 Å². The van der Waals surface area contributed by atoms with Crippen LogP contribution in [0.3, 0.4) is 0 Å². The molecule has 3 heteroatoms. The van der Waals surface area contributed by atoms with Crippen molar-refractivity contribution in [3.8, 4) is 0 Å². The van der Waals surface area contributed by atoms with E-state index < -0.39 is 0 Å². The second kappa shape index (κ2) is 5.21. The van der Waals surface area contributed by atoms with Gasteiger partial charge < -0.3 is 0 Å². The van der Waals surface area contributed by atoms with Crippen LogP contribution in [0, 0.1) is 11.7 Å². The summed E-state index contributed by atoms with van der Waals surface area (Å²) < 4.78 is 13.7. The number of carbonyl (C=O) groups excluding carboxylic acids is 1. The Kier molecular flexibility index (Phi) is 4.21. The summed E-state index contributed by atoms with van der Waals surface area (Å²) in [6.45, 7) is 3.85. The third kappa shape index (κ3) is 3.59. The monoisotopic (exact) mass is 270 g/mol. The minimum atomic E-state index is -0.315. The van der Waals surface area contributed by atoms with E-state index in [1.165, 1.54) is 12.1 Å². The molecule has 0 aliphatic rings. The summed E-state index contributed by atoms with van der Waals surface area (Å²) in [7, 11) is 0. The fourth-order valence-electron chi connectivity index (χ4n) is 1.19. The van der Waals surface area contributed by atoms with Gasteiger partial charge in [0.25, 0.3) is 0 Å². The van der Waals surface area contributed by atoms with E-state index in [1.54, 1.807) is 12.1 Å². The van der Waals surface area contributed by atoms with Crippen molar-refractivity contribution in [1.29, 1.82) is 0 Å². The van der Waals surface area contributed by atoms with Crippen LogP contribution >= 0.6 is 15.9 Å². The molecule has 0 saturated carbocycles. The maximum absolute atomic E-state index is 13.0. The Bertz CT molecular complexity index is 376. The highest BCUT2D eigenvalue weighted by atomic mass is 79.9. The third-order valence-electron chi connectivity index (χ3n) is 2.02. The Hall–Kier alpha value is -0.960. The van der Waals surface area contributed by atoms with Crippen LogP contribution in [0.1, 0.15) is 19.4 Å². The Morgan fingerprint density at radius 1 is 1.40 bits per heavy atom. The van der Waals surface area contributed by atoms with Gasteiger partial charge in [-0.3, -0.25) is 4.79 Å². The Morgan fingerprint density at radius 2 is 2.07 bits per heavy atom. The van der Waals surface area contributed by atoms with Crippen molar-refractivity contribution in [1.82, 2.24) is 0 Å². The lowest BCUT2D eigenvalue weighted by Gasteiger charge is -2.04. The van der Waals surface area contributed by atoms with E-state index in [1.807, 2.05) is 13.8 Å². The zero-order chi connectivity index (χ0) is 11.4. The average Bonchev–Trinajstić information content (AvgIpc) is 2.12. The highest BCUT2D eigenvalue weighted by Crippen LogP contribution is 2.18. The van der Waals surface area contributed by atoms with Crippen molar-refractivity contribution >= 4 is 28.3 Å². The molecule has 0 amide bonds. The maximum atomic E-state index is 13.0. The number of carbonyl (C=O) groups is 1. The molecule has 1 rings (SSSR count). The van der Waals surface area contributed by atoms with Gasteiger partial charge in [-0.15, -0.1) is 0 Å². The Morgan fingerprint density at radius 3 is 2.53 bits per heavy atom. The SMILES string of the molecule is CC(C)/C(C=O)=C/c1cc(F)cc(Br)c1. The lowest BCUT2D eigenvalue weighted by Crippen LogP contribution is -1.95. The largest absolute Gasteiger partial charge is 0.298 e. The molecule has 0 atom stereocenters. The minimum Gasteiger partial charge on any atom is -0.298 e. The van der Waals surface area contributed by atoms with Gasteiger partial charge in [-0.1, -0.05) is 29.8 Å². The molecule has 0 aliphatic carbocycles. The van der Waals surface area contributed by atoms with Gasteiger partial charge >= 0.3 is 0 Å². The number of benzene rings is 1. The van der Waals surface area contributed by atoms with E-state index in [2.05, 4.69) is 15.9 Å². The van der Waals surface area contributed by atoms with Crippen molar-refractivity contribution in [2.75, 3.05) is 0 Å². The fourth-order valence-corrected chi connectivity index (χ4v) is 1.67. The van der Waals surface area contributed by atoms with Gasteiger partial charge in [-0.25, -0.2) is 4.39 Å². The summed E-state index contributed by atoms with van der Waals surface area (Å²) in [5.41, 5.74) is 1.35. The van der Waals surface area contributed by atoms with Gasteiger partial charge in [0.05, 0.1) is 0 Å². The van der Waals surface area contributed by atoms with E-state index >= 15 is 0 Å². The molecule has 1 aromatic rings. The normalized spacial score (nSPS) is 11.9. The van der Waals surface area contributed by atoms with Crippen LogP contribution in [-0.4, -0.2) is 6.29 Å². The fraction of sp³-hybridized carbons (Fsp3) is 0.250. The first-order valence-electron chi connectivity index (χ1n) is 4.66. The summed E-state index contributed by atoms with van der Waals surface area (Å²) in [5, 5.41) is 0. The van der Waals surface area contributed by atoms with Gasteiger partial charge in [0.1, 0.15) is 12.1 Å². The highest BCUT2D eigenvalue weighted by molar-refractivity contribution is 9.10. The maximum Gasteiger partial charge on any atom is 0.146 e. The molecule has 0 spiro atoms. The van der Waals surface area contributed by atoms with E-state index in [-0.39, 0.29) is 11.7 Å². The first kappa shape index (κ1) is 12.1. The molecule has 0 N–H and O–H groups in total. The van der Waals surface area contributed by atoms with Crippen LogP contribution in [0.15, 0.2) is 28.2 Å². The van der Waals surface area contributed by atoms with Crippen molar-refractivity contribution in [3.63, 3.8) is 0 Å². The molecule has 0 aliphatic heterocycles. The predicted octanol–water partition coefficient (Wildman–Crippen LogP) is 3.83. The molecule has 0 heterocycles. The molecule has 0 saturated heterocycles. The number of aldehydes is 1. The van der Waals surface area contributed by atoms with E-state index in [9.17, 15) is 9.18 Å². The molecule has 0 aromatic heterocycles. The highest BCUT2D eigenvalue weighted by Gasteiger charge is 2.03. The van der Waals surface area contributed by atoms with Crippen LogP contribution in [0.2, 0.25) is 0 Å². The first-order chi connectivity index (χ1) is 7.02. The predicted molar refractivity (Wildman–Crippen MR) is 63.0 cm³/mol. The van der Waals surface area contributed by atoms with Gasteiger partial charge in [-0.2, -0.15) is 0 Å². The summed E-state index contributed by atoms with van der Waals surface area (Å²) in [4.78, 5) is 10.7. The third-order valence-corrected chi connectivity index (χ3v) is 2.48. The molecule has 80 valence electrons. The van der Waals surface area contributed by atoms with Crippen molar-refractivity contribution in [2.24, 2.45) is 5.92 Å². The molecule has 0 fully saturated rings. The van der Waals surface area contributed by atoms with Crippen molar-refractivity contribution in [2.45, 2.75) is 13.8 Å². The molecule has 1 aromatic carbocycles. The molecule has 15 heavy (non-hydrogen) atoms. The van der Waals surface area contributed by atoms with Crippen molar-refractivity contribution in [3.05, 3.63) is 39.6 Å². The first-order valence-corrected chi connectivity index (χ1v) is 5.45. The molecular weight excluding hydrogens is 259 g/mol. The summed E-state index contributed by atoms with van der Waals surface area (Å²) in [5.74, 6) is -0.172. The molecule has 0 bridgehead atoms. The van der Waals surface area contributed by atoms with E-state index in [4.69, 9.17) is 0 Å². The van der Waals surface area contributed by atoms with Crippen LogP contribution in [-0.2, 0) is 4.79 Å². The molecular formula is C12H12BrFO. The van der Waals surface area contributed by atoms with Gasteiger partial charge in [-0.05, 0) is 41.3 Å². The van der Waals surface area contributed by atoms with Crippen LogP contribution < -0.4 is 0 Å².